The summed E-state index contributed by atoms with van der Waals surface area (Å²) in [5.74, 6) is 0. The Hall–Kier alpha value is -1.04. The second-order valence-electron chi connectivity index (χ2n) is 1.90. The van der Waals surface area contributed by atoms with Crippen LogP contribution in [0.1, 0.15) is 41.5 Å². The minimum Gasteiger partial charge on any atom is -0.0985 e. The van der Waals surface area contributed by atoms with E-state index in [0.29, 0.717) is 0 Å². The van der Waals surface area contributed by atoms with Gasteiger partial charge in [-0.25, -0.2) is 0 Å². The van der Waals surface area contributed by atoms with Crippen molar-refractivity contribution in [2.75, 3.05) is 0 Å². The largest absolute Gasteiger partial charge is 0.0985 e. The number of hydrogen-bond acceptors (Lipinski definition) is 0. The van der Waals surface area contributed by atoms with Gasteiger partial charge in [0.1, 0.15) is 0 Å². The Morgan fingerprint density at radius 3 is 1.00 bits per heavy atom. The Bertz CT molecular complexity index is 158. The van der Waals surface area contributed by atoms with Crippen molar-refractivity contribution >= 4 is 0 Å². The Morgan fingerprint density at radius 1 is 0.714 bits per heavy atom. The maximum atomic E-state index is 3.69. The monoisotopic (exact) mass is 194 g/mol. The van der Waals surface area contributed by atoms with Crippen LogP contribution in [0, 0.1) is 0 Å². The molecule has 0 aliphatic rings. The maximum Gasteiger partial charge on any atom is -0.0236 e. The lowest BCUT2D eigenvalue weighted by molar-refractivity contribution is 1.48. The molecule has 0 rings (SSSR count). The Labute approximate surface area is 90.7 Å². The summed E-state index contributed by atoms with van der Waals surface area (Å²) in [6.45, 7) is 19.4. The maximum absolute atomic E-state index is 3.69. The molecule has 0 radical (unpaired) electrons. The van der Waals surface area contributed by atoms with Crippen LogP contribution < -0.4 is 0 Å². The normalized spacial score (nSPS) is 10.1. The van der Waals surface area contributed by atoms with Gasteiger partial charge in [0.2, 0.25) is 0 Å². The Kier molecular flexibility index (Phi) is 23.9. The highest BCUT2D eigenvalue weighted by atomic mass is 14.0. The molecule has 14 heavy (non-hydrogen) atoms. The minimum absolute atomic E-state index is 1.14. The van der Waals surface area contributed by atoms with E-state index in [9.17, 15) is 0 Å². The van der Waals surface area contributed by atoms with Gasteiger partial charge in [-0.05, 0) is 25.0 Å². The SMILES string of the molecule is C=CC(=C/C)/C(C=C)=C\C.CC.CC. The molecular weight excluding hydrogens is 168 g/mol. The zero-order valence-electron chi connectivity index (χ0n) is 10.7. The summed E-state index contributed by atoms with van der Waals surface area (Å²) in [6.07, 6.45) is 7.70. The lowest BCUT2D eigenvalue weighted by atomic mass is 10.1. The molecular formula is C14H26. The Balaban J connectivity index is -0.000000266. The predicted molar refractivity (Wildman–Crippen MR) is 70.6 cm³/mol. The molecule has 0 aromatic heterocycles. The van der Waals surface area contributed by atoms with Crippen LogP contribution in [0.3, 0.4) is 0 Å². The summed E-state index contributed by atoms with van der Waals surface area (Å²) in [5, 5.41) is 0. The fourth-order valence-electron chi connectivity index (χ4n) is 0.805. The molecule has 0 N–H and O–H groups in total. The highest BCUT2D eigenvalue weighted by Gasteiger charge is 1.91. The summed E-state index contributed by atoms with van der Waals surface area (Å²) in [5.41, 5.74) is 2.27. The van der Waals surface area contributed by atoms with Crippen LogP contribution >= 0.6 is 0 Å². The van der Waals surface area contributed by atoms with Gasteiger partial charge < -0.3 is 0 Å². The first-order chi connectivity index (χ1) is 6.79. The van der Waals surface area contributed by atoms with Crippen molar-refractivity contribution in [1.82, 2.24) is 0 Å². The molecule has 0 fully saturated rings. The summed E-state index contributed by atoms with van der Waals surface area (Å²) >= 11 is 0. The van der Waals surface area contributed by atoms with Gasteiger partial charge >= 0.3 is 0 Å². The lowest BCUT2D eigenvalue weighted by Gasteiger charge is -1.98. The molecule has 0 aliphatic carbocycles. The number of allylic oxidation sites excluding steroid dienone is 6. The molecule has 0 aromatic carbocycles. The van der Waals surface area contributed by atoms with Crippen LogP contribution in [0.4, 0.5) is 0 Å². The average Bonchev–Trinajstić information content (AvgIpc) is 2.31. The quantitative estimate of drug-likeness (QED) is 0.534. The minimum atomic E-state index is 1.14. The van der Waals surface area contributed by atoms with Crippen LogP contribution in [0.2, 0.25) is 0 Å². The molecule has 0 unspecified atom stereocenters. The van der Waals surface area contributed by atoms with Gasteiger partial charge in [-0.1, -0.05) is 65.2 Å². The van der Waals surface area contributed by atoms with Gasteiger partial charge in [0.15, 0.2) is 0 Å². The van der Waals surface area contributed by atoms with Gasteiger partial charge in [0.25, 0.3) is 0 Å². The van der Waals surface area contributed by atoms with Gasteiger partial charge in [-0.15, -0.1) is 0 Å². The van der Waals surface area contributed by atoms with E-state index in [-0.39, 0.29) is 0 Å². The predicted octanol–water partition coefficient (Wildman–Crippen LogP) is 5.30. The third-order valence-corrected chi connectivity index (χ3v) is 1.40. The molecule has 0 aliphatic heterocycles. The van der Waals surface area contributed by atoms with E-state index in [1.807, 2.05) is 65.8 Å². The van der Waals surface area contributed by atoms with Gasteiger partial charge in [-0.2, -0.15) is 0 Å². The highest BCUT2D eigenvalue weighted by molar-refractivity contribution is 5.44. The van der Waals surface area contributed by atoms with E-state index >= 15 is 0 Å². The molecule has 0 aromatic rings. The number of hydrogen-bond donors (Lipinski definition) is 0. The molecule has 0 atom stereocenters. The first-order valence-electron chi connectivity index (χ1n) is 5.38. The fourth-order valence-corrected chi connectivity index (χ4v) is 0.805. The van der Waals surface area contributed by atoms with E-state index in [0.717, 1.165) is 11.1 Å². The molecule has 0 bridgehead atoms. The van der Waals surface area contributed by atoms with Crippen LogP contribution in [0.25, 0.3) is 0 Å². The molecule has 0 spiro atoms. The molecule has 82 valence electrons. The zero-order valence-corrected chi connectivity index (χ0v) is 10.7. The summed E-state index contributed by atoms with van der Waals surface area (Å²) in [7, 11) is 0. The summed E-state index contributed by atoms with van der Waals surface area (Å²) in [6, 6.07) is 0. The first-order valence-corrected chi connectivity index (χ1v) is 5.38. The van der Waals surface area contributed by atoms with Gasteiger partial charge in [-0.3, -0.25) is 0 Å². The molecule has 0 heteroatoms. The average molecular weight is 194 g/mol. The van der Waals surface area contributed by atoms with Crippen molar-refractivity contribution in [3.63, 3.8) is 0 Å². The van der Waals surface area contributed by atoms with Crippen LogP contribution in [-0.4, -0.2) is 0 Å². The smallest absolute Gasteiger partial charge is 0.0236 e. The third-order valence-electron chi connectivity index (χ3n) is 1.40. The molecule has 0 saturated carbocycles. The van der Waals surface area contributed by atoms with E-state index in [1.165, 1.54) is 0 Å². The van der Waals surface area contributed by atoms with E-state index in [2.05, 4.69) is 13.2 Å². The Morgan fingerprint density at radius 2 is 0.929 bits per heavy atom. The van der Waals surface area contributed by atoms with Crippen LogP contribution in [-0.2, 0) is 0 Å². The van der Waals surface area contributed by atoms with E-state index in [4.69, 9.17) is 0 Å². The third kappa shape index (κ3) is 9.05. The lowest BCUT2D eigenvalue weighted by Crippen LogP contribution is -1.79. The zero-order chi connectivity index (χ0) is 12.0. The highest BCUT2D eigenvalue weighted by Crippen LogP contribution is 2.10. The second-order valence-corrected chi connectivity index (χ2v) is 1.90. The molecule has 0 nitrogen and oxygen atoms in total. The van der Waals surface area contributed by atoms with Crippen molar-refractivity contribution in [1.29, 1.82) is 0 Å². The molecule has 0 saturated heterocycles. The molecule has 0 heterocycles. The van der Waals surface area contributed by atoms with Crippen LogP contribution in [0.5, 0.6) is 0 Å². The topological polar surface area (TPSA) is 0 Å². The number of rotatable bonds is 3. The van der Waals surface area contributed by atoms with Crippen molar-refractivity contribution in [2.24, 2.45) is 0 Å². The summed E-state index contributed by atoms with van der Waals surface area (Å²) < 4.78 is 0. The standard InChI is InChI=1S/C10H14.2C2H6/c1-5-9(6-2)10(7-3)8-4;2*1-2/h5-8H,1,3H2,2,4H3;2*1-2H3/b9-6-,10-8-;;. The van der Waals surface area contributed by atoms with Crippen LogP contribution in [0.15, 0.2) is 48.6 Å². The fraction of sp³-hybridized carbons (Fsp3) is 0.429. The van der Waals surface area contributed by atoms with Crippen molar-refractivity contribution < 1.29 is 0 Å². The molecule has 0 amide bonds. The van der Waals surface area contributed by atoms with E-state index in [1.54, 1.807) is 0 Å². The van der Waals surface area contributed by atoms with Crippen molar-refractivity contribution in [3.8, 4) is 0 Å². The summed E-state index contributed by atoms with van der Waals surface area (Å²) in [4.78, 5) is 0. The van der Waals surface area contributed by atoms with Crippen molar-refractivity contribution in [2.45, 2.75) is 41.5 Å². The van der Waals surface area contributed by atoms with Gasteiger partial charge in [0, 0.05) is 0 Å². The first kappa shape index (κ1) is 18.7. The van der Waals surface area contributed by atoms with Crippen molar-refractivity contribution in [3.05, 3.63) is 48.6 Å². The van der Waals surface area contributed by atoms with Gasteiger partial charge in [0.05, 0.1) is 0 Å². The van der Waals surface area contributed by atoms with E-state index < -0.39 is 0 Å². The second kappa shape index (κ2) is 17.9.